The standard InChI is InChI=1S/C15H24N2O4S/c1-5-17(6-2)10-9-16-15(18)13-11-12(22(4,19)20)7-8-14(13)21-3/h7-8,11H,5-6,9-10H2,1-4H3,(H,16,18)/i3D3. The van der Waals surface area contributed by atoms with Crippen molar-refractivity contribution in [3.05, 3.63) is 23.8 Å². The number of nitrogens with one attached hydrogen (secondary N) is 1. The van der Waals surface area contributed by atoms with Crippen molar-refractivity contribution in [1.82, 2.24) is 10.2 Å². The van der Waals surface area contributed by atoms with E-state index >= 15 is 0 Å². The molecule has 1 aromatic carbocycles. The van der Waals surface area contributed by atoms with Crippen LogP contribution >= 0.6 is 0 Å². The van der Waals surface area contributed by atoms with Crippen molar-refractivity contribution in [2.24, 2.45) is 0 Å². The Morgan fingerprint density at radius 1 is 1.36 bits per heavy atom. The number of benzene rings is 1. The average molecular weight is 331 g/mol. The summed E-state index contributed by atoms with van der Waals surface area (Å²) < 4.78 is 49.8. The fourth-order valence-corrected chi connectivity index (χ4v) is 2.62. The molecule has 0 aliphatic rings. The van der Waals surface area contributed by atoms with E-state index < -0.39 is 22.8 Å². The van der Waals surface area contributed by atoms with E-state index in [4.69, 9.17) is 8.85 Å². The van der Waals surface area contributed by atoms with Crippen molar-refractivity contribution in [2.45, 2.75) is 18.7 Å². The van der Waals surface area contributed by atoms with Gasteiger partial charge in [-0.1, -0.05) is 13.8 Å². The number of rotatable bonds is 8. The van der Waals surface area contributed by atoms with Crippen LogP contribution in [0.4, 0.5) is 0 Å². The molecule has 0 aliphatic carbocycles. The summed E-state index contributed by atoms with van der Waals surface area (Å²) in [6, 6.07) is 3.52. The molecule has 22 heavy (non-hydrogen) atoms. The van der Waals surface area contributed by atoms with E-state index in [-0.39, 0.29) is 16.2 Å². The van der Waals surface area contributed by atoms with Gasteiger partial charge >= 0.3 is 0 Å². The van der Waals surface area contributed by atoms with E-state index in [2.05, 4.69) is 10.2 Å². The second-order valence-corrected chi connectivity index (χ2v) is 6.83. The third-order valence-corrected chi connectivity index (χ3v) is 4.45. The number of ether oxygens (including phenoxy) is 1. The predicted molar refractivity (Wildman–Crippen MR) is 86.2 cm³/mol. The molecule has 0 aliphatic heterocycles. The fraction of sp³-hybridized carbons (Fsp3) is 0.533. The molecule has 124 valence electrons. The fourth-order valence-electron chi connectivity index (χ4n) is 1.97. The van der Waals surface area contributed by atoms with Crippen molar-refractivity contribution >= 4 is 15.7 Å². The summed E-state index contributed by atoms with van der Waals surface area (Å²) in [5.41, 5.74) is -0.126. The number of hydrogen-bond donors (Lipinski definition) is 1. The zero-order valence-corrected chi connectivity index (χ0v) is 13.9. The Balaban J connectivity index is 3.05. The minimum absolute atomic E-state index is 0.0840. The van der Waals surface area contributed by atoms with Gasteiger partial charge in [-0.25, -0.2) is 8.42 Å². The van der Waals surface area contributed by atoms with Crippen LogP contribution in [0.3, 0.4) is 0 Å². The highest BCUT2D eigenvalue weighted by atomic mass is 32.2. The van der Waals surface area contributed by atoms with Crippen LogP contribution in [-0.2, 0) is 9.84 Å². The number of hydrogen-bond acceptors (Lipinski definition) is 5. The molecule has 0 saturated heterocycles. The molecule has 0 atom stereocenters. The number of amides is 1. The van der Waals surface area contributed by atoms with Crippen molar-refractivity contribution in [1.29, 1.82) is 0 Å². The SMILES string of the molecule is [2H]C([2H])([2H])Oc1ccc(S(C)(=O)=O)cc1C(=O)NCCN(CC)CC. The van der Waals surface area contributed by atoms with E-state index in [0.717, 1.165) is 25.4 Å². The van der Waals surface area contributed by atoms with Gasteiger partial charge in [0, 0.05) is 19.3 Å². The maximum atomic E-state index is 12.4. The lowest BCUT2D eigenvalue weighted by atomic mass is 10.2. The lowest BCUT2D eigenvalue weighted by Crippen LogP contribution is -2.35. The van der Waals surface area contributed by atoms with Gasteiger partial charge in [-0.3, -0.25) is 4.79 Å². The Morgan fingerprint density at radius 3 is 2.59 bits per heavy atom. The molecule has 0 spiro atoms. The molecule has 7 heteroatoms. The molecule has 0 fully saturated rings. The molecule has 0 unspecified atom stereocenters. The van der Waals surface area contributed by atoms with Crippen LogP contribution in [-0.4, -0.2) is 58.7 Å². The van der Waals surface area contributed by atoms with E-state index in [1.807, 2.05) is 13.8 Å². The minimum atomic E-state index is -3.55. The summed E-state index contributed by atoms with van der Waals surface area (Å²) in [6.07, 6.45) is 1.01. The Kier molecular flexibility index (Phi) is 5.19. The van der Waals surface area contributed by atoms with Crippen LogP contribution in [0.5, 0.6) is 5.75 Å². The lowest BCUT2D eigenvalue weighted by molar-refractivity contribution is 0.0945. The number of carbonyl (C=O) groups is 1. The maximum Gasteiger partial charge on any atom is 0.255 e. The monoisotopic (exact) mass is 331 g/mol. The number of likely N-dealkylation sites (N-methyl/N-ethyl adjacent to an activating group) is 1. The second-order valence-electron chi connectivity index (χ2n) is 4.81. The summed E-state index contributed by atoms with van der Waals surface area (Å²) in [6.45, 7) is 6.65. The van der Waals surface area contributed by atoms with E-state index in [0.29, 0.717) is 13.1 Å². The number of methoxy groups -OCH3 is 1. The predicted octanol–water partition coefficient (Wildman–Crippen LogP) is 1.17. The number of carbonyl (C=O) groups excluding carboxylic acids is 1. The van der Waals surface area contributed by atoms with Crippen molar-refractivity contribution < 1.29 is 22.1 Å². The highest BCUT2D eigenvalue weighted by Gasteiger charge is 2.16. The first kappa shape index (κ1) is 14.0. The highest BCUT2D eigenvalue weighted by molar-refractivity contribution is 7.90. The summed E-state index contributed by atoms with van der Waals surface area (Å²) in [5.74, 6) is -0.773. The maximum absolute atomic E-state index is 12.4. The zero-order valence-electron chi connectivity index (χ0n) is 16.0. The molecule has 0 saturated carbocycles. The number of sulfone groups is 1. The molecule has 0 radical (unpaired) electrons. The Labute approximate surface area is 136 Å². The summed E-state index contributed by atoms with van der Waals surface area (Å²) in [7, 11) is -6.29. The van der Waals surface area contributed by atoms with Gasteiger partial charge in [0.15, 0.2) is 9.84 Å². The molecule has 1 N–H and O–H groups in total. The molecule has 0 bridgehead atoms. The van der Waals surface area contributed by atoms with Gasteiger partial charge in [0.1, 0.15) is 5.75 Å². The van der Waals surface area contributed by atoms with Gasteiger partial charge in [-0.15, -0.1) is 0 Å². The summed E-state index contributed by atoms with van der Waals surface area (Å²) in [4.78, 5) is 14.4. The van der Waals surface area contributed by atoms with Gasteiger partial charge in [0.25, 0.3) is 5.91 Å². The van der Waals surface area contributed by atoms with Gasteiger partial charge in [0.2, 0.25) is 0 Å². The third-order valence-electron chi connectivity index (χ3n) is 3.34. The third kappa shape index (κ3) is 4.99. The Bertz CT molecular complexity index is 701. The highest BCUT2D eigenvalue weighted by Crippen LogP contribution is 2.22. The van der Waals surface area contributed by atoms with Crippen molar-refractivity contribution in [3.8, 4) is 5.75 Å². The van der Waals surface area contributed by atoms with Crippen LogP contribution in [0.15, 0.2) is 23.1 Å². The quantitative estimate of drug-likeness (QED) is 0.774. The average Bonchev–Trinajstić information content (AvgIpc) is 2.49. The molecular formula is C15H24N2O4S. The molecule has 1 aromatic rings. The molecule has 6 nitrogen and oxygen atoms in total. The molecule has 1 rings (SSSR count). The van der Waals surface area contributed by atoms with Gasteiger partial charge in [-0.2, -0.15) is 0 Å². The first-order valence-corrected chi connectivity index (χ1v) is 8.90. The van der Waals surface area contributed by atoms with Gasteiger partial charge in [-0.05, 0) is 31.3 Å². The van der Waals surface area contributed by atoms with Crippen LogP contribution in [0, 0.1) is 0 Å². The minimum Gasteiger partial charge on any atom is -0.496 e. The molecular weight excluding hydrogens is 304 g/mol. The Hall–Kier alpha value is -1.60. The van der Waals surface area contributed by atoms with Crippen LogP contribution < -0.4 is 10.1 Å². The lowest BCUT2D eigenvalue weighted by Gasteiger charge is -2.18. The second kappa shape index (κ2) is 8.14. The Morgan fingerprint density at radius 2 is 2.05 bits per heavy atom. The largest absolute Gasteiger partial charge is 0.496 e. The smallest absolute Gasteiger partial charge is 0.255 e. The summed E-state index contributed by atoms with van der Waals surface area (Å²) >= 11 is 0. The van der Waals surface area contributed by atoms with E-state index in [9.17, 15) is 13.2 Å². The summed E-state index contributed by atoms with van der Waals surface area (Å²) in [5, 5.41) is 2.66. The normalized spacial score (nSPS) is 14.1. The number of nitrogens with zero attached hydrogens (tertiary/aromatic N) is 1. The van der Waals surface area contributed by atoms with Crippen LogP contribution in [0.25, 0.3) is 0 Å². The molecule has 0 aromatic heterocycles. The van der Waals surface area contributed by atoms with E-state index in [1.54, 1.807) is 0 Å². The van der Waals surface area contributed by atoms with Gasteiger partial charge in [0.05, 0.1) is 21.6 Å². The van der Waals surface area contributed by atoms with Gasteiger partial charge < -0.3 is 15.0 Å². The molecule has 0 heterocycles. The van der Waals surface area contributed by atoms with Crippen LogP contribution in [0.2, 0.25) is 0 Å². The van der Waals surface area contributed by atoms with Crippen LogP contribution in [0.1, 0.15) is 28.3 Å². The topological polar surface area (TPSA) is 75.7 Å². The molecule has 1 amide bonds. The zero-order chi connectivity index (χ0) is 19.3. The first-order valence-electron chi connectivity index (χ1n) is 8.51. The van der Waals surface area contributed by atoms with Crippen molar-refractivity contribution in [3.63, 3.8) is 0 Å². The van der Waals surface area contributed by atoms with E-state index in [1.165, 1.54) is 12.1 Å². The van der Waals surface area contributed by atoms with Crippen molar-refractivity contribution in [2.75, 3.05) is 39.5 Å². The first-order chi connectivity index (χ1) is 11.5.